The van der Waals surface area contributed by atoms with Gasteiger partial charge >= 0.3 is 0 Å². The minimum Gasteiger partial charge on any atom is -0.451 e. The van der Waals surface area contributed by atoms with Gasteiger partial charge in [-0.25, -0.2) is 0 Å². The topological polar surface area (TPSA) is 85.3 Å². The fourth-order valence-corrected chi connectivity index (χ4v) is 4.27. The van der Waals surface area contributed by atoms with Crippen LogP contribution in [-0.4, -0.2) is 25.7 Å². The number of hydrogen-bond acceptors (Lipinski definition) is 6. The molecule has 0 aliphatic rings. The Kier molecular flexibility index (Phi) is 5.13. The van der Waals surface area contributed by atoms with Crippen LogP contribution in [0.15, 0.2) is 69.6 Å². The maximum absolute atomic E-state index is 12.7. The molecule has 0 bridgehead atoms. The van der Waals surface area contributed by atoms with Gasteiger partial charge in [0.15, 0.2) is 11.6 Å². The number of nitrogens with zero attached hydrogens (tertiary/aromatic N) is 4. The van der Waals surface area contributed by atoms with Gasteiger partial charge in [0.05, 0.1) is 0 Å². The highest BCUT2D eigenvalue weighted by Gasteiger charge is 2.15. The number of carbonyl (C=O) groups is 1. The molecule has 1 amide bonds. The van der Waals surface area contributed by atoms with Crippen LogP contribution < -0.4 is 5.32 Å². The molecule has 0 saturated carbocycles. The van der Waals surface area contributed by atoms with Crippen LogP contribution in [-0.2, 0) is 6.42 Å². The predicted octanol–water partition coefficient (Wildman–Crippen LogP) is 5.69. The van der Waals surface area contributed by atoms with Crippen LogP contribution in [0.4, 0.5) is 5.69 Å². The first kappa shape index (κ1) is 19.7. The number of nitrogens with one attached hydrogen (secondary N) is 1. The minimum absolute atomic E-state index is 0.245. The highest BCUT2D eigenvalue weighted by Crippen LogP contribution is 2.28. The lowest BCUT2D eigenvalue weighted by molar-refractivity contribution is 0.0997. The van der Waals surface area contributed by atoms with Gasteiger partial charge in [-0.1, -0.05) is 58.5 Å². The number of halogens is 1. The Balaban J connectivity index is 1.36. The molecule has 0 aliphatic heterocycles. The summed E-state index contributed by atoms with van der Waals surface area (Å²) in [4.78, 5) is 13.4. The van der Waals surface area contributed by atoms with Gasteiger partial charge < -0.3 is 9.73 Å². The molecule has 3 heterocycles. The number of anilines is 1. The van der Waals surface area contributed by atoms with E-state index in [0.29, 0.717) is 11.4 Å². The Labute approximate surface area is 189 Å². The van der Waals surface area contributed by atoms with Crippen LogP contribution >= 0.6 is 27.3 Å². The summed E-state index contributed by atoms with van der Waals surface area (Å²) < 4.78 is 8.50. The van der Waals surface area contributed by atoms with Crippen molar-refractivity contribution in [3.05, 3.63) is 76.7 Å². The largest absolute Gasteiger partial charge is 0.451 e. The van der Waals surface area contributed by atoms with Crippen LogP contribution in [0.25, 0.3) is 26.9 Å². The number of hydrogen-bond donors (Lipinski definition) is 1. The summed E-state index contributed by atoms with van der Waals surface area (Å²) >= 11 is 4.87. The highest BCUT2D eigenvalue weighted by atomic mass is 79.9. The zero-order valence-corrected chi connectivity index (χ0v) is 18.8. The number of benzene rings is 2. The first-order valence-electron chi connectivity index (χ1n) is 9.59. The average Bonchev–Trinajstić information content (AvgIpc) is 3.50. The van der Waals surface area contributed by atoms with E-state index in [1.165, 1.54) is 11.3 Å². The molecule has 1 N–H and O–H groups in total. The molecular formula is C22H16BrN5O2S. The van der Waals surface area contributed by atoms with Crippen LogP contribution in [0.3, 0.4) is 0 Å². The SMILES string of the molecule is CCc1nnc2sc(-c3cccc(NC(=O)c4ccc(-c5ccc(Br)cc5)o4)c3)nn12. The monoisotopic (exact) mass is 493 g/mol. The van der Waals surface area contributed by atoms with E-state index in [-0.39, 0.29) is 11.7 Å². The zero-order chi connectivity index (χ0) is 21.4. The second kappa shape index (κ2) is 8.09. The summed E-state index contributed by atoms with van der Waals surface area (Å²) in [6.07, 6.45) is 0.756. The molecule has 9 heteroatoms. The van der Waals surface area contributed by atoms with Gasteiger partial charge in [-0.3, -0.25) is 4.79 Å². The Morgan fingerprint density at radius 1 is 1.10 bits per heavy atom. The molecule has 0 atom stereocenters. The fraction of sp³-hybridized carbons (Fsp3) is 0.0909. The molecule has 5 aromatic rings. The minimum atomic E-state index is -0.313. The van der Waals surface area contributed by atoms with Gasteiger partial charge in [0.1, 0.15) is 10.8 Å². The van der Waals surface area contributed by atoms with Crippen LogP contribution in [0.5, 0.6) is 0 Å². The standard InChI is InChI=1S/C22H16BrN5O2S/c1-2-19-25-26-22-28(19)27-21(31-22)14-4-3-5-16(12-14)24-20(29)18-11-10-17(30-18)13-6-8-15(23)9-7-13/h3-12H,2H2,1H3,(H,24,29). The number of furan rings is 1. The lowest BCUT2D eigenvalue weighted by Gasteiger charge is -2.05. The number of carbonyl (C=O) groups excluding carboxylic acids is 1. The van der Waals surface area contributed by atoms with Crippen molar-refractivity contribution in [3.8, 4) is 21.9 Å². The number of fused-ring (bicyclic) bond motifs is 1. The second-order valence-corrected chi connectivity index (χ2v) is 8.65. The molecule has 0 radical (unpaired) electrons. The Morgan fingerprint density at radius 2 is 1.94 bits per heavy atom. The number of aryl methyl sites for hydroxylation is 1. The first-order valence-corrected chi connectivity index (χ1v) is 11.2. The quantitative estimate of drug-likeness (QED) is 0.339. The third kappa shape index (κ3) is 3.89. The first-order chi connectivity index (χ1) is 15.1. The molecule has 0 unspecified atom stereocenters. The van der Waals surface area contributed by atoms with Crippen molar-refractivity contribution >= 4 is 43.8 Å². The molecule has 3 aromatic heterocycles. The molecule has 7 nitrogen and oxygen atoms in total. The van der Waals surface area contributed by atoms with E-state index in [0.717, 1.165) is 37.8 Å². The van der Waals surface area contributed by atoms with Crippen molar-refractivity contribution in [2.24, 2.45) is 0 Å². The van der Waals surface area contributed by atoms with E-state index in [9.17, 15) is 4.79 Å². The maximum atomic E-state index is 12.7. The summed E-state index contributed by atoms with van der Waals surface area (Å²) in [6, 6.07) is 18.7. The zero-order valence-electron chi connectivity index (χ0n) is 16.4. The average molecular weight is 494 g/mol. The number of amides is 1. The lowest BCUT2D eigenvalue weighted by Crippen LogP contribution is -2.10. The molecule has 0 spiro atoms. The van der Waals surface area contributed by atoms with Crippen LogP contribution in [0.1, 0.15) is 23.3 Å². The maximum Gasteiger partial charge on any atom is 0.291 e. The summed E-state index contributed by atoms with van der Waals surface area (Å²) in [5, 5.41) is 16.6. The third-order valence-corrected chi connectivity index (χ3v) is 6.17. The van der Waals surface area contributed by atoms with Crippen molar-refractivity contribution in [3.63, 3.8) is 0 Å². The van der Waals surface area contributed by atoms with Gasteiger partial charge in [0, 0.05) is 27.7 Å². The van der Waals surface area contributed by atoms with Gasteiger partial charge in [-0.15, -0.1) is 10.2 Å². The fourth-order valence-electron chi connectivity index (χ4n) is 3.15. The van der Waals surface area contributed by atoms with Crippen molar-refractivity contribution in [2.45, 2.75) is 13.3 Å². The van der Waals surface area contributed by atoms with Gasteiger partial charge in [-0.05, 0) is 36.4 Å². The van der Waals surface area contributed by atoms with Gasteiger partial charge in [0.25, 0.3) is 5.91 Å². The van der Waals surface area contributed by atoms with Gasteiger partial charge in [0.2, 0.25) is 4.96 Å². The summed E-state index contributed by atoms with van der Waals surface area (Å²) in [7, 11) is 0. The smallest absolute Gasteiger partial charge is 0.291 e. The van der Waals surface area contributed by atoms with E-state index in [4.69, 9.17) is 4.42 Å². The van der Waals surface area contributed by atoms with E-state index in [2.05, 4.69) is 36.5 Å². The van der Waals surface area contributed by atoms with Crippen molar-refractivity contribution in [1.82, 2.24) is 19.8 Å². The molecule has 0 aliphatic carbocycles. The molecule has 0 saturated heterocycles. The van der Waals surface area contributed by atoms with Crippen LogP contribution in [0, 0.1) is 0 Å². The Bertz CT molecular complexity index is 1390. The van der Waals surface area contributed by atoms with Crippen LogP contribution in [0.2, 0.25) is 0 Å². The molecule has 154 valence electrons. The van der Waals surface area contributed by atoms with E-state index >= 15 is 0 Å². The summed E-state index contributed by atoms with van der Waals surface area (Å²) in [5.41, 5.74) is 2.45. The normalized spacial score (nSPS) is 11.2. The van der Waals surface area contributed by atoms with Crippen molar-refractivity contribution in [1.29, 1.82) is 0 Å². The van der Waals surface area contributed by atoms with Gasteiger partial charge in [-0.2, -0.15) is 9.61 Å². The number of rotatable bonds is 5. The van der Waals surface area contributed by atoms with E-state index in [1.807, 2.05) is 55.5 Å². The summed E-state index contributed by atoms with van der Waals surface area (Å²) in [6.45, 7) is 2.02. The Hall–Kier alpha value is -3.30. The number of aromatic nitrogens is 4. The molecule has 31 heavy (non-hydrogen) atoms. The van der Waals surface area contributed by atoms with E-state index in [1.54, 1.807) is 16.6 Å². The second-order valence-electron chi connectivity index (χ2n) is 6.78. The predicted molar refractivity (Wildman–Crippen MR) is 123 cm³/mol. The molecule has 0 fully saturated rings. The summed E-state index contributed by atoms with van der Waals surface area (Å²) in [5.74, 6) is 1.39. The Morgan fingerprint density at radius 3 is 2.74 bits per heavy atom. The van der Waals surface area contributed by atoms with E-state index < -0.39 is 0 Å². The lowest BCUT2D eigenvalue weighted by atomic mass is 10.2. The van der Waals surface area contributed by atoms with Crippen molar-refractivity contribution < 1.29 is 9.21 Å². The van der Waals surface area contributed by atoms with Crippen molar-refractivity contribution in [2.75, 3.05) is 5.32 Å². The molecule has 5 rings (SSSR count). The highest BCUT2D eigenvalue weighted by molar-refractivity contribution is 9.10. The third-order valence-electron chi connectivity index (χ3n) is 4.70. The molecule has 2 aromatic carbocycles. The molecular weight excluding hydrogens is 478 g/mol.